The predicted molar refractivity (Wildman–Crippen MR) is 56.6 cm³/mol. The average molecular weight is 179 g/mol. The van der Waals surface area contributed by atoms with Gasteiger partial charge in [0.1, 0.15) is 0 Å². The smallest absolute Gasteiger partial charge is 0.0138 e. The Balaban J connectivity index is 1.80. The van der Waals surface area contributed by atoms with Gasteiger partial charge in [0.2, 0.25) is 0 Å². The minimum Gasteiger partial charge on any atom is -0.311 e. The average Bonchev–Trinajstić information content (AvgIpc) is 2.65. The zero-order valence-corrected chi connectivity index (χ0v) is 8.79. The summed E-state index contributed by atoms with van der Waals surface area (Å²) in [5, 5.41) is 3.76. The summed E-state index contributed by atoms with van der Waals surface area (Å²) in [7, 11) is 0. The highest BCUT2D eigenvalue weighted by Crippen LogP contribution is 2.39. The summed E-state index contributed by atoms with van der Waals surface area (Å²) >= 11 is 0. The molecule has 0 aromatic heterocycles. The van der Waals surface area contributed by atoms with Crippen molar-refractivity contribution in [1.29, 1.82) is 0 Å². The van der Waals surface area contributed by atoms with E-state index in [0.29, 0.717) is 6.04 Å². The van der Waals surface area contributed by atoms with Crippen LogP contribution in [0.3, 0.4) is 0 Å². The number of rotatable bonds is 4. The van der Waals surface area contributed by atoms with Crippen molar-refractivity contribution >= 4 is 0 Å². The van der Waals surface area contributed by atoms with E-state index in [9.17, 15) is 0 Å². The molecule has 2 bridgehead atoms. The van der Waals surface area contributed by atoms with Crippen LogP contribution in [0, 0.1) is 11.8 Å². The number of allylic oxidation sites excluding steroid dienone is 1. The van der Waals surface area contributed by atoms with Gasteiger partial charge in [-0.05, 0) is 38.0 Å². The minimum atomic E-state index is 0.711. The molecule has 2 aliphatic rings. The largest absolute Gasteiger partial charge is 0.311 e. The first kappa shape index (κ1) is 9.26. The quantitative estimate of drug-likeness (QED) is 0.654. The van der Waals surface area contributed by atoms with Crippen LogP contribution in [0.1, 0.15) is 39.5 Å². The van der Waals surface area contributed by atoms with Gasteiger partial charge in [-0.1, -0.05) is 25.5 Å². The fourth-order valence-electron chi connectivity index (χ4n) is 2.85. The Morgan fingerprint density at radius 1 is 1.38 bits per heavy atom. The predicted octanol–water partition coefficient (Wildman–Crippen LogP) is 2.73. The Morgan fingerprint density at radius 3 is 2.77 bits per heavy atom. The van der Waals surface area contributed by atoms with Crippen LogP contribution in [-0.2, 0) is 0 Å². The summed E-state index contributed by atoms with van der Waals surface area (Å²) in [6.07, 6.45) is 10.2. The fourth-order valence-corrected chi connectivity index (χ4v) is 2.85. The maximum atomic E-state index is 3.76. The molecule has 1 heteroatoms. The van der Waals surface area contributed by atoms with Crippen LogP contribution < -0.4 is 5.32 Å². The molecule has 2 rings (SSSR count). The van der Waals surface area contributed by atoms with Crippen LogP contribution in [0.4, 0.5) is 0 Å². The number of nitrogens with one attached hydrogen (secondary N) is 1. The van der Waals surface area contributed by atoms with Gasteiger partial charge in [0.05, 0.1) is 0 Å². The molecule has 74 valence electrons. The molecule has 4 atom stereocenters. The molecule has 0 aromatic carbocycles. The molecular weight excluding hydrogens is 158 g/mol. The molecule has 4 unspecified atom stereocenters. The zero-order chi connectivity index (χ0) is 9.26. The molecule has 1 nitrogen and oxygen atoms in total. The molecular formula is C12H21N. The van der Waals surface area contributed by atoms with Crippen molar-refractivity contribution in [2.45, 2.75) is 51.6 Å². The zero-order valence-electron chi connectivity index (χ0n) is 8.79. The maximum absolute atomic E-state index is 3.76. The van der Waals surface area contributed by atoms with Gasteiger partial charge < -0.3 is 5.32 Å². The topological polar surface area (TPSA) is 12.0 Å². The van der Waals surface area contributed by atoms with Crippen molar-refractivity contribution in [2.24, 2.45) is 11.8 Å². The molecule has 2 aliphatic carbocycles. The van der Waals surface area contributed by atoms with Crippen molar-refractivity contribution in [1.82, 2.24) is 5.32 Å². The van der Waals surface area contributed by atoms with Crippen LogP contribution in [0.2, 0.25) is 0 Å². The maximum Gasteiger partial charge on any atom is 0.0138 e. The summed E-state index contributed by atoms with van der Waals surface area (Å²) < 4.78 is 0. The molecule has 0 radical (unpaired) electrons. The molecule has 13 heavy (non-hydrogen) atoms. The highest BCUT2D eigenvalue weighted by atomic mass is 15.0. The molecule has 0 aromatic rings. The van der Waals surface area contributed by atoms with Crippen LogP contribution in [0.5, 0.6) is 0 Å². The Kier molecular flexibility index (Phi) is 2.73. The fraction of sp³-hybridized carbons (Fsp3) is 0.833. The van der Waals surface area contributed by atoms with Crippen LogP contribution in [0.25, 0.3) is 0 Å². The number of hydrogen-bond acceptors (Lipinski definition) is 1. The lowest BCUT2D eigenvalue weighted by Gasteiger charge is -2.24. The Hall–Kier alpha value is -0.300. The minimum absolute atomic E-state index is 0.711. The molecule has 0 saturated heterocycles. The van der Waals surface area contributed by atoms with Crippen LogP contribution in [0.15, 0.2) is 12.2 Å². The van der Waals surface area contributed by atoms with Crippen LogP contribution in [-0.4, -0.2) is 12.1 Å². The third-order valence-electron chi connectivity index (χ3n) is 3.50. The van der Waals surface area contributed by atoms with Crippen LogP contribution >= 0.6 is 0 Å². The van der Waals surface area contributed by atoms with Crippen molar-refractivity contribution < 1.29 is 0 Å². The third kappa shape index (κ3) is 1.96. The number of fused-ring (bicyclic) bond motifs is 2. The van der Waals surface area contributed by atoms with E-state index in [1.807, 2.05) is 0 Å². The molecule has 1 N–H and O–H groups in total. The summed E-state index contributed by atoms with van der Waals surface area (Å²) in [5.41, 5.74) is 0. The summed E-state index contributed by atoms with van der Waals surface area (Å²) in [6, 6.07) is 1.50. The van der Waals surface area contributed by atoms with E-state index in [0.717, 1.165) is 17.9 Å². The second-order valence-electron chi connectivity index (χ2n) is 4.74. The van der Waals surface area contributed by atoms with Crippen molar-refractivity contribution in [3.8, 4) is 0 Å². The highest BCUT2D eigenvalue weighted by Gasteiger charge is 2.35. The van der Waals surface area contributed by atoms with Gasteiger partial charge in [0, 0.05) is 12.1 Å². The highest BCUT2D eigenvalue weighted by molar-refractivity contribution is 5.12. The number of hydrogen-bond donors (Lipinski definition) is 1. The van der Waals surface area contributed by atoms with Gasteiger partial charge in [-0.3, -0.25) is 0 Å². The first-order valence-electron chi connectivity index (χ1n) is 5.74. The van der Waals surface area contributed by atoms with E-state index in [1.54, 1.807) is 0 Å². The van der Waals surface area contributed by atoms with E-state index < -0.39 is 0 Å². The van der Waals surface area contributed by atoms with Gasteiger partial charge in [0.15, 0.2) is 0 Å². The van der Waals surface area contributed by atoms with E-state index >= 15 is 0 Å². The standard InChI is InChI=1S/C12H21N/c1-3-4-9(2)13-12-8-10-5-6-11(12)7-10/h5-6,9-13H,3-4,7-8H2,1-2H3. The molecule has 0 amide bonds. The lowest BCUT2D eigenvalue weighted by molar-refractivity contribution is 0.384. The van der Waals surface area contributed by atoms with E-state index in [1.165, 1.54) is 25.7 Å². The molecule has 1 saturated carbocycles. The van der Waals surface area contributed by atoms with Gasteiger partial charge in [-0.2, -0.15) is 0 Å². The van der Waals surface area contributed by atoms with Gasteiger partial charge in [0.25, 0.3) is 0 Å². The normalized spacial score (nSPS) is 38.5. The first-order chi connectivity index (χ1) is 6.29. The SMILES string of the molecule is CCCC(C)NC1CC2C=CC1C2. The summed E-state index contributed by atoms with van der Waals surface area (Å²) in [5.74, 6) is 1.75. The Bertz CT molecular complexity index is 197. The van der Waals surface area contributed by atoms with Crippen molar-refractivity contribution in [3.05, 3.63) is 12.2 Å². The lowest BCUT2D eigenvalue weighted by atomic mass is 10.00. The van der Waals surface area contributed by atoms with E-state index in [4.69, 9.17) is 0 Å². The Morgan fingerprint density at radius 2 is 2.23 bits per heavy atom. The monoisotopic (exact) mass is 179 g/mol. The molecule has 0 spiro atoms. The van der Waals surface area contributed by atoms with E-state index in [2.05, 4.69) is 31.3 Å². The van der Waals surface area contributed by atoms with E-state index in [-0.39, 0.29) is 0 Å². The van der Waals surface area contributed by atoms with Gasteiger partial charge in [-0.15, -0.1) is 0 Å². The van der Waals surface area contributed by atoms with Crippen molar-refractivity contribution in [2.75, 3.05) is 0 Å². The lowest BCUT2D eigenvalue weighted by Crippen LogP contribution is -2.38. The second-order valence-corrected chi connectivity index (χ2v) is 4.74. The molecule has 0 aliphatic heterocycles. The first-order valence-corrected chi connectivity index (χ1v) is 5.74. The Labute approximate surface area is 81.6 Å². The van der Waals surface area contributed by atoms with Gasteiger partial charge in [-0.25, -0.2) is 0 Å². The second kappa shape index (κ2) is 3.83. The third-order valence-corrected chi connectivity index (χ3v) is 3.50. The van der Waals surface area contributed by atoms with Gasteiger partial charge >= 0.3 is 0 Å². The van der Waals surface area contributed by atoms with Crippen molar-refractivity contribution in [3.63, 3.8) is 0 Å². The summed E-state index contributed by atoms with van der Waals surface area (Å²) in [4.78, 5) is 0. The molecule has 0 heterocycles. The molecule has 1 fully saturated rings. The summed E-state index contributed by atoms with van der Waals surface area (Å²) in [6.45, 7) is 4.58.